The number of phenolic OH excluding ortho intramolecular Hbond substituents is 1. The van der Waals surface area contributed by atoms with E-state index in [0.29, 0.717) is 5.56 Å². The van der Waals surface area contributed by atoms with Gasteiger partial charge < -0.3 is 10.4 Å². The number of aromatic hydroxyl groups is 1. The molecule has 0 radical (unpaired) electrons. The van der Waals surface area contributed by atoms with Crippen molar-refractivity contribution in [3.05, 3.63) is 78.1 Å². The van der Waals surface area contributed by atoms with Gasteiger partial charge in [-0.1, -0.05) is 18.2 Å². The maximum Gasteiger partial charge on any atom is 0.255 e. The molecule has 0 spiro atoms. The third-order valence-corrected chi connectivity index (χ3v) is 5.10. The van der Waals surface area contributed by atoms with Crippen LogP contribution in [0, 0.1) is 5.82 Å². The van der Waals surface area contributed by atoms with Crippen LogP contribution in [0.5, 0.6) is 5.75 Å². The van der Waals surface area contributed by atoms with E-state index in [2.05, 4.69) is 5.32 Å². The summed E-state index contributed by atoms with van der Waals surface area (Å²) in [4.78, 5) is 12.5. The first-order valence-electron chi connectivity index (χ1n) is 7.94. The van der Waals surface area contributed by atoms with E-state index >= 15 is 0 Å². The van der Waals surface area contributed by atoms with Gasteiger partial charge in [0.15, 0.2) is 9.84 Å². The molecule has 0 atom stereocenters. The second kappa shape index (κ2) is 7.20. The number of carbonyl (C=O) groups excluding carboxylic acids is 1. The topological polar surface area (TPSA) is 83.5 Å². The summed E-state index contributed by atoms with van der Waals surface area (Å²) in [5.41, 5.74) is 1.85. The van der Waals surface area contributed by atoms with Crippen molar-refractivity contribution < 1.29 is 22.7 Å². The van der Waals surface area contributed by atoms with Gasteiger partial charge in [0.1, 0.15) is 11.6 Å². The van der Waals surface area contributed by atoms with Crippen molar-refractivity contribution in [2.24, 2.45) is 0 Å². The highest BCUT2D eigenvalue weighted by Gasteiger charge is 2.12. The molecular weight excluding hydrogens is 369 g/mol. The lowest BCUT2D eigenvalue weighted by Crippen LogP contribution is -2.12. The van der Waals surface area contributed by atoms with Gasteiger partial charge in [0.2, 0.25) is 0 Å². The molecule has 3 aromatic rings. The Morgan fingerprint density at radius 3 is 2.11 bits per heavy atom. The van der Waals surface area contributed by atoms with Crippen LogP contribution in [0.15, 0.2) is 71.6 Å². The maximum absolute atomic E-state index is 13.1. The molecule has 0 aliphatic rings. The summed E-state index contributed by atoms with van der Waals surface area (Å²) in [5, 5.41) is 12.6. The van der Waals surface area contributed by atoms with E-state index in [9.17, 15) is 22.7 Å². The summed E-state index contributed by atoms with van der Waals surface area (Å²) < 4.78 is 36.0. The Morgan fingerprint density at radius 2 is 1.52 bits per heavy atom. The lowest BCUT2D eigenvalue weighted by Gasteiger charge is -2.10. The minimum Gasteiger partial charge on any atom is -0.506 e. The van der Waals surface area contributed by atoms with Crippen LogP contribution in [0.2, 0.25) is 0 Å². The number of sulfone groups is 1. The second-order valence-corrected chi connectivity index (χ2v) is 8.01. The molecule has 7 heteroatoms. The molecule has 3 rings (SSSR count). The lowest BCUT2D eigenvalue weighted by atomic mass is 10.0. The summed E-state index contributed by atoms with van der Waals surface area (Å²) in [6.07, 6.45) is 1.08. The Morgan fingerprint density at radius 1 is 0.926 bits per heavy atom. The predicted molar refractivity (Wildman–Crippen MR) is 101 cm³/mol. The third kappa shape index (κ3) is 4.32. The van der Waals surface area contributed by atoms with Gasteiger partial charge in [0, 0.05) is 11.8 Å². The zero-order valence-corrected chi connectivity index (χ0v) is 15.1. The average Bonchev–Trinajstić information content (AvgIpc) is 2.63. The summed E-state index contributed by atoms with van der Waals surface area (Å²) in [6.45, 7) is 0. The molecule has 0 aromatic heterocycles. The molecule has 0 saturated heterocycles. The standard InChI is InChI=1S/C20H16FNO4S/c1-27(25,26)17-9-4-14(5-10-17)20(24)22-18-12-15(6-11-19(18)23)13-2-7-16(21)8-3-13/h2-12,23H,1H3,(H,22,24). The van der Waals surface area contributed by atoms with Gasteiger partial charge in [-0.25, -0.2) is 12.8 Å². The Hall–Kier alpha value is -3.19. The first kappa shape index (κ1) is 18.6. The van der Waals surface area contributed by atoms with Crippen molar-refractivity contribution in [3.8, 4) is 16.9 Å². The molecule has 0 heterocycles. The fourth-order valence-corrected chi connectivity index (χ4v) is 3.14. The molecule has 0 bridgehead atoms. The van der Waals surface area contributed by atoms with Gasteiger partial charge in [-0.2, -0.15) is 0 Å². The summed E-state index contributed by atoms with van der Waals surface area (Å²) >= 11 is 0. The Bertz CT molecular complexity index is 1090. The van der Waals surface area contributed by atoms with Crippen molar-refractivity contribution >= 4 is 21.4 Å². The number of hydrogen-bond acceptors (Lipinski definition) is 4. The van der Waals surface area contributed by atoms with Crippen LogP contribution < -0.4 is 5.32 Å². The molecule has 0 saturated carbocycles. The van der Waals surface area contributed by atoms with Crippen molar-refractivity contribution in [1.82, 2.24) is 0 Å². The Kier molecular flexibility index (Phi) is 4.96. The number of rotatable bonds is 4. The average molecular weight is 385 g/mol. The van der Waals surface area contributed by atoms with Crippen LogP contribution in [-0.2, 0) is 9.84 Å². The lowest BCUT2D eigenvalue weighted by molar-refractivity contribution is 0.102. The fourth-order valence-electron chi connectivity index (χ4n) is 2.51. The van der Waals surface area contributed by atoms with E-state index in [0.717, 1.165) is 11.8 Å². The quantitative estimate of drug-likeness (QED) is 0.668. The number of halogens is 1. The number of carbonyl (C=O) groups is 1. The van der Waals surface area contributed by atoms with Gasteiger partial charge in [-0.15, -0.1) is 0 Å². The molecule has 5 nitrogen and oxygen atoms in total. The number of hydrogen-bond donors (Lipinski definition) is 2. The smallest absolute Gasteiger partial charge is 0.255 e. The van der Waals surface area contributed by atoms with Gasteiger partial charge in [0.05, 0.1) is 10.6 Å². The molecule has 0 aliphatic heterocycles. The third-order valence-electron chi connectivity index (χ3n) is 3.97. The van der Waals surface area contributed by atoms with Crippen LogP contribution in [-0.4, -0.2) is 25.7 Å². The van der Waals surface area contributed by atoms with Crippen LogP contribution in [0.4, 0.5) is 10.1 Å². The normalized spacial score (nSPS) is 11.2. The van der Waals surface area contributed by atoms with Crippen LogP contribution in [0.25, 0.3) is 11.1 Å². The number of phenols is 1. The zero-order chi connectivity index (χ0) is 19.6. The molecule has 0 unspecified atom stereocenters. The van der Waals surface area contributed by atoms with E-state index in [-0.39, 0.29) is 27.7 Å². The van der Waals surface area contributed by atoms with Gasteiger partial charge in [-0.05, 0) is 59.7 Å². The Labute approximate surface area is 156 Å². The van der Waals surface area contributed by atoms with Crippen molar-refractivity contribution in [1.29, 1.82) is 0 Å². The number of nitrogens with one attached hydrogen (secondary N) is 1. The minimum atomic E-state index is -3.35. The van der Waals surface area contributed by atoms with Crippen LogP contribution in [0.1, 0.15) is 10.4 Å². The zero-order valence-electron chi connectivity index (χ0n) is 14.3. The Balaban J connectivity index is 1.85. The molecule has 138 valence electrons. The molecule has 3 aromatic carbocycles. The summed E-state index contributed by atoms with van der Waals surface area (Å²) in [5.74, 6) is -0.979. The van der Waals surface area contributed by atoms with Crippen LogP contribution in [0.3, 0.4) is 0 Å². The molecule has 1 amide bonds. The van der Waals surface area contributed by atoms with Gasteiger partial charge in [-0.3, -0.25) is 4.79 Å². The first-order valence-corrected chi connectivity index (χ1v) is 9.83. The van der Waals surface area contributed by atoms with Crippen molar-refractivity contribution in [3.63, 3.8) is 0 Å². The molecule has 0 fully saturated rings. The molecule has 2 N–H and O–H groups in total. The highest BCUT2D eigenvalue weighted by molar-refractivity contribution is 7.90. The monoisotopic (exact) mass is 385 g/mol. The highest BCUT2D eigenvalue weighted by atomic mass is 32.2. The van der Waals surface area contributed by atoms with E-state index in [4.69, 9.17) is 0 Å². The second-order valence-electron chi connectivity index (χ2n) is 5.99. The number of benzene rings is 3. The van der Waals surface area contributed by atoms with E-state index in [1.807, 2.05) is 0 Å². The first-order chi connectivity index (χ1) is 12.7. The van der Waals surface area contributed by atoms with E-state index < -0.39 is 15.7 Å². The molecule has 27 heavy (non-hydrogen) atoms. The molecule has 0 aliphatic carbocycles. The van der Waals surface area contributed by atoms with Crippen LogP contribution >= 0.6 is 0 Å². The summed E-state index contributed by atoms with van der Waals surface area (Å²) in [7, 11) is -3.35. The predicted octanol–water partition coefficient (Wildman–Crippen LogP) is 3.85. The molecular formula is C20H16FNO4S. The largest absolute Gasteiger partial charge is 0.506 e. The minimum absolute atomic E-state index is 0.111. The van der Waals surface area contributed by atoms with Crippen molar-refractivity contribution in [2.75, 3.05) is 11.6 Å². The number of amides is 1. The highest BCUT2D eigenvalue weighted by Crippen LogP contribution is 2.30. The van der Waals surface area contributed by atoms with Crippen molar-refractivity contribution in [2.45, 2.75) is 4.90 Å². The van der Waals surface area contributed by atoms with Gasteiger partial charge >= 0.3 is 0 Å². The SMILES string of the molecule is CS(=O)(=O)c1ccc(C(=O)Nc2cc(-c3ccc(F)cc3)ccc2O)cc1. The fraction of sp³-hybridized carbons (Fsp3) is 0.0500. The number of anilines is 1. The van der Waals surface area contributed by atoms with E-state index in [1.54, 1.807) is 24.3 Å². The maximum atomic E-state index is 13.1. The summed E-state index contributed by atoms with van der Waals surface area (Å²) in [6, 6.07) is 16.0. The van der Waals surface area contributed by atoms with Gasteiger partial charge in [0.25, 0.3) is 5.91 Å². The van der Waals surface area contributed by atoms with E-state index in [1.165, 1.54) is 42.5 Å².